The summed E-state index contributed by atoms with van der Waals surface area (Å²) in [7, 11) is 0. The first-order valence-corrected chi connectivity index (χ1v) is 7.16. The van der Waals surface area contributed by atoms with Crippen molar-refractivity contribution in [2.24, 2.45) is 11.7 Å². The lowest BCUT2D eigenvalue weighted by molar-refractivity contribution is 0.438. The molecular formula is C16H26N2. The van der Waals surface area contributed by atoms with Crippen molar-refractivity contribution in [3.8, 4) is 0 Å². The van der Waals surface area contributed by atoms with Crippen molar-refractivity contribution in [2.75, 3.05) is 18.0 Å². The quantitative estimate of drug-likeness (QED) is 0.888. The fourth-order valence-electron chi connectivity index (χ4n) is 2.82. The Hall–Kier alpha value is -1.02. The number of rotatable bonds is 3. The van der Waals surface area contributed by atoms with Gasteiger partial charge >= 0.3 is 0 Å². The molecule has 2 nitrogen and oxygen atoms in total. The summed E-state index contributed by atoms with van der Waals surface area (Å²) in [6.07, 6.45) is 3.61. The van der Waals surface area contributed by atoms with E-state index in [0.29, 0.717) is 0 Å². The molecule has 0 saturated carbocycles. The van der Waals surface area contributed by atoms with E-state index in [4.69, 9.17) is 5.73 Å². The second-order valence-electron chi connectivity index (χ2n) is 5.97. The molecule has 1 aliphatic heterocycles. The minimum Gasteiger partial charge on any atom is -0.371 e. The van der Waals surface area contributed by atoms with Gasteiger partial charge in [-0.2, -0.15) is 0 Å². The topological polar surface area (TPSA) is 29.3 Å². The Labute approximate surface area is 111 Å². The molecular weight excluding hydrogens is 220 g/mol. The average molecular weight is 246 g/mol. The van der Waals surface area contributed by atoms with E-state index in [1.165, 1.54) is 42.7 Å². The molecule has 0 spiro atoms. The van der Waals surface area contributed by atoms with Crippen molar-refractivity contribution in [2.45, 2.75) is 46.1 Å². The lowest BCUT2D eigenvalue weighted by atomic mass is 9.97. The second-order valence-corrected chi connectivity index (χ2v) is 5.97. The predicted molar refractivity (Wildman–Crippen MR) is 79.1 cm³/mol. The van der Waals surface area contributed by atoms with Crippen LogP contribution in [0.25, 0.3) is 0 Å². The van der Waals surface area contributed by atoms with Crippen LogP contribution in [0.4, 0.5) is 5.69 Å². The lowest BCUT2D eigenvalue weighted by Gasteiger charge is -2.33. The molecule has 2 rings (SSSR count). The Balaban J connectivity index is 2.09. The Kier molecular flexibility index (Phi) is 4.28. The maximum atomic E-state index is 5.86. The molecule has 0 aliphatic carbocycles. The summed E-state index contributed by atoms with van der Waals surface area (Å²) in [6, 6.07) is 7.06. The molecule has 1 saturated heterocycles. The summed E-state index contributed by atoms with van der Waals surface area (Å²) in [4.78, 5) is 2.53. The molecule has 100 valence electrons. The predicted octanol–water partition coefficient (Wildman–Crippen LogP) is 3.12. The van der Waals surface area contributed by atoms with Crippen LogP contribution in [0.3, 0.4) is 0 Å². The fourth-order valence-corrected chi connectivity index (χ4v) is 2.82. The SMILES string of the molecule is Cc1cc(CC(C)N)ccc1N1CCC(C)CC1. The van der Waals surface area contributed by atoms with Crippen molar-refractivity contribution in [1.29, 1.82) is 0 Å². The first-order chi connectivity index (χ1) is 8.56. The zero-order chi connectivity index (χ0) is 13.1. The normalized spacial score (nSPS) is 19.0. The number of nitrogens with two attached hydrogens (primary N) is 1. The summed E-state index contributed by atoms with van der Waals surface area (Å²) < 4.78 is 0. The Morgan fingerprint density at radius 2 is 2.00 bits per heavy atom. The van der Waals surface area contributed by atoms with Gasteiger partial charge in [-0.3, -0.25) is 0 Å². The summed E-state index contributed by atoms with van der Waals surface area (Å²) in [5.41, 5.74) is 10.0. The molecule has 2 heteroatoms. The van der Waals surface area contributed by atoms with Crippen LogP contribution in [0.1, 0.15) is 37.8 Å². The lowest BCUT2D eigenvalue weighted by Crippen LogP contribution is -2.33. The number of nitrogens with zero attached hydrogens (tertiary/aromatic N) is 1. The Morgan fingerprint density at radius 1 is 1.33 bits per heavy atom. The molecule has 1 heterocycles. The van der Waals surface area contributed by atoms with Gasteiger partial charge in [-0.15, -0.1) is 0 Å². The molecule has 1 atom stereocenters. The summed E-state index contributed by atoms with van der Waals surface area (Å²) >= 11 is 0. The molecule has 1 fully saturated rings. The van der Waals surface area contributed by atoms with Gasteiger partial charge in [0, 0.05) is 24.8 Å². The van der Waals surface area contributed by atoms with Crippen LogP contribution in [0.2, 0.25) is 0 Å². The monoisotopic (exact) mass is 246 g/mol. The maximum absolute atomic E-state index is 5.86. The van der Waals surface area contributed by atoms with Crippen LogP contribution in [0, 0.1) is 12.8 Å². The number of hydrogen-bond donors (Lipinski definition) is 1. The molecule has 2 N–H and O–H groups in total. The maximum Gasteiger partial charge on any atom is 0.0396 e. The molecule has 18 heavy (non-hydrogen) atoms. The number of piperidine rings is 1. The van der Waals surface area contributed by atoms with Crippen molar-refractivity contribution in [3.05, 3.63) is 29.3 Å². The van der Waals surface area contributed by atoms with Gasteiger partial charge in [-0.25, -0.2) is 0 Å². The number of benzene rings is 1. The van der Waals surface area contributed by atoms with E-state index < -0.39 is 0 Å². The second kappa shape index (κ2) is 5.75. The summed E-state index contributed by atoms with van der Waals surface area (Å²) in [5, 5.41) is 0. The van der Waals surface area contributed by atoms with Gasteiger partial charge in [-0.05, 0) is 56.2 Å². The van der Waals surface area contributed by atoms with Gasteiger partial charge in [0.2, 0.25) is 0 Å². The zero-order valence-electron chi connectivity index (χ0n) is 11.9. The zero-order valence-corrected chi connectivity index (χ0v) is 11.9. The number of hydrogen-bond acceptors (Lipinski definition) is 2. The molecule has 0 aromatic heterocycles. The van der Waals surface area contributed by atoms with E-state index in [2.05, 4.69) is 43.9 Å². The highest BCUT2D eigenvalue weighted by molar-refractivity contribution is 5.54. The van der Waals surface area contributed by atoms with Gasteiger partial charge in [0.05, 0.1) is 0 Å². The van der Waals surface area contributed by atoms with E-state index in [0.717, 1.165) is 12.3 Å². The molecule has 1 aromatic carbocycles. The van der Waals surface area contributed by atoms with Crippen molar-refractivity contribution in [3.63, 3.8) is 0 Å². The van der Waals surface area contributed by atoms with Gasteiger partial charge < -0.3 is 10.6 Å². The van der Waals surface area contributed by atoms with E-state index in [9.17, 15) is 0 Å². The van der Waals surface area contributed by atoms with Gasteiger partial charge in [0.15, 0.2) is 0 Å². The third kappa shape index (κ3) is 3.26. The van der Waals surface area contributed by atoms with E-state index in [1.807, 2.05) is 0 Å². The van der Waals surface area contributed by atoms with Crippen LogP contribution >= 0.6 is 0 Å². The van der Waals surface area contributed by atoms with Crippen LogP contribution in [-0.2, 0) is 6.42 Å². The Morgan fingerprint density at radius 3 is 2.56 bits per heavy atom. The first kappa shape index (κ1) is 13.4. The highest BCUT2D eigenvalue weighted by Crippen LogP contribution is 2.26. The molecule has 1 unspecified atom stereocenters. The standard InChI is InChI=1S/C16H26N2/c1-12-6-8-18(9-7-12)16-5-4-15(10-13(16)2)11-14(3)17/h4-5,10,12,14H,6-9,11,17H2,1-3H3. The molecule has 0 amide bonds. The number of aryl methyl sites for hydroxylation is 1. The van der Waals surface area contributed by atoms with Crippen LogP contribution in [-0.4, -0.2) is 19.1 Å². The average Bonchev–Trinajstić information content (AvgIpc) is 2.30. The highest BCUT2D eigenvalue weighted by Gasteiger charge is 2.17. The van der Waals surface area contributed by atoms with Crippen LogP contribution in [0.15, 0.2) is 18.2 Å². The highest BCUT2D eigenvalue weighted by atomic mass is 15.1. The van der Waals surface area contributed by atoms with Crippen molar-refractivity contribution < 1.29 is 0 Å². The number of anilines is 1. The molecule has 1 aliphatic rings. The third-order valence-corrected chi connectivity index (χ3v) is 3.94. The van der Waals surface area contributed by atoms with Gasteiger partial charge in [0.1, 0.15) is 0 Å². The minimum absolute atomic E-state index is 0.242. The summed E-state index contributed by atoms with van der Waals surface area (Å²) in [6.45, 7) is 9.05. The van der Waals surface area contributed by atoms with E-state index in [1.54, 1.807) is 0 Å². The van der Waals surface area contributed by atoms with Crippen molar-refractivity contribution in [1.82, 2.24) is 0 Å². The van der Waals surface area contributed by atoms with Crippen LogP contribution in [0.5, 0.6) is 0 Å². The van der Waals surface area contributed by atoms with Gasteiger partial charge in [-0.1, -0.05) is 19.1 Å². The van der Waals surface area contributed by atoms with Crippen molar-refractivity contribution >= 4 is 5.69 Å². The molecule has 1 aromatic rings. The fraction of sp³-hybridized carbons (Fsp3) is 0.625. The third-order valence-electron chi connectivity index (χ3n) is 3.94. The van der Waals surface area contributed by atoms with E-state index in [-0.39, 0.29) is 6.04 Å². The Bertz CT molecular complexity index is 390. The summed E-state index contributed by atoms with van der Waals surface area (Å²) in [5.74, 6) is 0.888. The largest absolute Gasteiger partial charge is 0.371 e. The van der Waals surface area contributed by atoms with E-state index >= 15 is 0 Å². The molecule has 0 bridgehead atoms. The van der Waals surface area contributed by atoms with Crippen LogP contribution < -0.4 is 10.6 Å². The minimum atomic E-state index is 0.242. The smallest absolute Gasteiger partial charge is 0.0396 e. The molecule has 0 radical (unpaired) electrons. The van der Waals surface area contributed by atoms with Gasteiger partial charge in [0.25, 0.3) is 0 Å². The first-order valence-electron chi connectivity index (χ1n) is 7.16.